The summed E-state index contributed by atoms with van der Waals surface area (Å²) in [6, 6.07) is 12.2. The fourth-order valence-corrected chi connectivity index (χ4v) is 5.56. The molecule has 7 heteroatoms. The Morgan fingerprint density at radius 3 is 2.57 bits per heavy atom. The zero-order chi connectivity index (χ0) is 25.4. The lowest BCUT2D eigenvalue weighted by Gasteiger charge is -2.44. The number of nitrogens with one attached hydrogen (secondary N) is 1. The second-order valence-electron chi connectivity index (χ2n) is 10.0. The maximum absolute atomic E-state index is 12.8. The smallest absolute Gasteiger partial charge is 0.246 e. The van der Waals surface area contributed by atoms with Crippen LogP contribution in [0, 0.1) is 6.92 Å². The van der Waals surface area contributed by atoms with E-state index in [-0.39, 0.29) is 11.8 Å². The van der Waals surface area contributed by atoms with Gasteiger partial charge in [-0.05, 0) is 68.5 Å². The molecule has 2 heterocycles. The zero-order valence-corrected chi connectivity index (χ0v) is 21.9. The average molecular weight is 496 g/mol. The van der Waals surface area contributed by atoms with Crippen molar-refractivity contribution in [1.29, 1.82) is 0 Å². The highest BCUT2D eigenvalue weighted by molar-refractivity contribution is 6.31. The van der Waals surface area contributed by atoms with Crippen LogP contribution in [0.2, 0.25) is 5.02 Å². The van der Waals surface area contributed by atoms with Gasteiger partial charge in [0.15, 0.2) is 0 Å². The van der Waals surface area contributed by atoms with Crippen LogP contribution < -0.4 is 10.2 Å². The number of carbonyl (C=O) groups excluding carboxylic acids is 2. The third-order valence-corrected chi connectivity index (χ3v) is 7.90. The molecule has 0 radical (unpaired) electrons. The van der Waals surface area contributed by atoms with Gasteiger partial charge in [-0.1, -0.05) is 35.9 Å². The molecule has 0 unspecified atom stereocenters. The van der Waals surface area contributed by atoms with Gasteiger partial charge in [-0.15, -0.1) is 0 Å². The molecule has 2 aliphatic rings. The number of benzene rings is 2. The van der Waals surface area contributed by atoms with Crippen molar-refractivity contribution in [2.45, 2.75) is 44.6 Å². The molecule has 0 spiro atoms. The van der Waals surface area contributed by atoms with Crippen LogP contribution in [0.15, 0.2) is 48.6 Å². The van der Waals surface area contributed by atoms with Crippen LogP contribution in [0.3, 0.4) is 0 Å². The number of ether oxygens (including phenoxy) is 1. The van der Waals surface area contributed by atoms with Crippen molar-refractivity contribution >= 4 is 34.8 Å². The lowest BCUT2D eigenvalue weighted by molar-refractivity contribution is -0.127. The van der Waals surface area contributed by atoms with Gasteiger partial charge in [-0.25, -0.2) is 0 Å². The number of likely N-dealkylation sites (N-methyl/N-ethyl adjacent to an activating group) is 1. The number of fused-ring (bicyclic) bond motifs is 1. The van der Waals surface area contributed by atoms with Gasteiger partial charge in [0.25, 0.3) is 0 Å². The van der Waals surface area contributed by atoms with Crippen molar-refractivity contribution in [2.24, 2.45) is 0 Å². The highest BCUT2D eigenvalue weighted by Gasteiger charge is 2.43. The van der Waals surface area contributed by atoms with Crippen LogP contribution in [0.25, 0.3) is 0 Å². The van der Waals surface area contributed by atoms with E-state index in [2.05, 4.69) is 29.6 Å². The van der Waals surface area contributed by atoms with Crippen LogP contribution in [0.5, 0.6) is 0 Å². The van der Waals surface area contributed by atoms with Gasteiger partial charge < -0.3 is 19.9 Å². The minimum atomic E-state index is -0.536. The molecule has 2 aliphatic heterocycles. The second kappa shape index (κ2) is 9.67. The van der Waals surface area contributed by atoms with E-state index in [0.29, 0.717) is 19.7 Å². The van der Waals surface area contributed by atoms with Gasteiger partial charge in [-0.2, -0.15) is 0 Å². The van der Waals surface area contributed by atoms with E-state index >= 15 is 0 Å². The Balaban J connectivity index is 1.66. The molecule has 0 saturated carbocycles. The summed E-state index contributed by atoms with van der Waals surface area (Å²) in [5, 5.41) is 4.54. The third-order valence-electron chi connectivity index (χ3n) is 7.49. The summed E-state index contributed by atoms with van der Waals surface area (Å²) in [5.41, 5.74) is 4.15. The number of hydrogen-bond donors (Lipinski definition) is 1. The van der Waals surface area contributed by atoms with Crippen molar-refractivity contribution in [3.05, 3.63) is 70.3 Å². The number of anilines is 2. The highest BCUT2D eigenvalue weighted by atomic mass is 35.5. The van der Waals surface area contributed by atoms with Crippen LogP contribution in [0.4, 0.5) is 11.4 Å². The monoisotopic (exact) mass is 495 g/mol. The number of carbonyl (C=O) groups is 2. The quantitative estimate of drug-likeness (QED) is 0.570. The standard InChI is InChI=1S/C28H34ClN3O3/c1-19-21(8-6-9-23(19)29)28(13-15-32(16-14-28)25(33)10-7-17-35-5)30-20-11-12-22-24(18-20)31(4)26(34)27(22,2)3/h6-12,18,30H,13-17H2,1-5H3/b10-7+. The summed E-state index contributed by atoms with van der Waals surface area (Å²) in [4.78, 5) is 29.1. The number of piperidine rings is 1. The van der Waals surface area contributed by atoms with Gasteiger partial charge in [-0.3, -0.25) is 9.59 Å². The number of rotatable bonds is 6. The summed E-state index contributed by atoms with van der Waals surface area (Å²) in [6.45, 7) is 7.63. The molecular weight excluding hydrogens is 462 g/mol. The molecule has 1 fully saturated rings. The second-order valence-corrected chi connectivity index (χ2v) is 10.4. The SMILES string of the molecule is COC/C=C/C(=O)N1CCC(Nc2ccc3c(c2)N(C)C(=O)C3(C)C)(c2cccc(Cl)c2C)CC1. The maximum atomic E-state index is 12.8. The average Bonchev–Trinajstić information content (AvgIpc) is 3.01. The lowest BCUT2D eigenvalue weighted by Crippen LogP contribution is -2.49. The van der Waals surface area contributed by atoms with Crippen LogP contribution in [0.1, 0.15) is 43.4 Å². The summed E-state index contributed by atoms with van der Waals surface area (Å²) in [7, 11) is 3.44. The third kappa shape index (κ3) is 4.57. The molecule has 35 heavy (non-hydrogen) atoms. The molecule has 2 amide bonds. The topological polar surface area (TPSA) is 61.9 Å². The van der Waals surface area contributed by atoms with E-state index in [0.717, 1.165) is 45.9 Å². The van der Waals surface area contributed by atoms with Crippen molar-refractivity contribution in [1.82, 2.24) is 4.90 Å². The van der Waals surface area contributed by atoms with Crippen LogP contribution in [-0.2, 0) is 25.3 Å². The molecule has 2 aromatic rings. The minimum absolute atomic E-state index is 0.00151. The zero-order valence-electron chi connectivity index (χ0n) is 21.2. The van der Waals surface area contributed by atoms with Crippen LogP contribution in [-0.4, -0.2) is 50.6 Å². The first-order valence-corrected chi connectivity index (χ1v) is 12.4. The summed E-state index contributed by atoms with van der Waals surface area (Å²) >= 11 is 6.53. The van der Waals surface area contributed by atoms with Gasteiger partial charge in [0.1, 0.15) is 0 Å². The van der Waals surface area contributed by atoms with E-state index in [9.17, 15) is 9.59 Å². The highest BCUT2D eigenvalue weighted by Crippen LogP contribution is 2.44. The Hall–Kier alpha value is -2.83. The number of methoxy groups -OCH3 is 1. The van der Waals surface area contributed by atoms with Gasteiger partial charge >= 0.3 is 0 Å². The lowest BCUT2D eigenvalue weighted by atomic mass is 9.78. The number of nitrogens with zero attached hydrogens (tertiary/aromatic N) is 2. The fraction of sp³-hybridized carbons (Fsp3) is 0.429. The molecule has 0 atom stereocenters. The molecule has 1 saturated heterocycles. The summed E-state index contributed by atoms with van der Waals surface area (Å²) in [6.07, 6.45) is 4.79. The largest absolute Gasteiger partial charge is 0.381 e. The maximum Gasteiger partial charge on any atom is 0.246 e. The molecular formula is C28H34ClN3O3. The van der Waals surface area contributed by atoms with Crippen molar-refractivity contribution in [3.8, 4) is 0 Å². The van der Waals surface area contributed by atoms with Crippen molar-refractivity contribution < 1.29 is 14.3 Å². The first kappa shape index (κ1) is 25.3. The Kier molecular flexibility index (Phi) is 6.98. The van der Waals surface area contributed by atoms with E-state index in [1.807, 2.05) is 44.9 Å². The summed E-state index contributed by atoms with van der Waals surface area (Å²) in [5.74, 6) is 0.0942. The number of halogens is 1. The molecule has 0 aromatic heterocycles. The van der Waals surface area contributed by atoms with E-state index in [1.54, 1.807) is 24.2 Å². The Morgan fingerprint density at radius 2 is 1.89 bits per heavy atom. The molecule has 4 rings (SSSR count). The molecule has 1 N–H and O–H groups in total. The molecule has 6 nitrogen and oxygen atoms in total. The van der Waals surface area contributed by atoms with E-state index in [1.165, 1.54) is 0 Å². The van der Waals surface area contributed by atoms with Gasteiger partial charge in [0.05, 0.1) is 17.6 Å². The first-order chi connectivity index (χ1) is 16.6. The molecule has 0 bridgehead atoms. The Bertz CT molecular complexity index is 1170. The number of amides is 2. The van der Waals surface area contributed by atoms with Crippen molar-refractivity contribution in [2.75, 3.05) is 44.1 Å². The molecule has 2 aromatic carbocycles. The Morgan fingerprint density at radius 1 is 1.17 bits per heavy atom. The molecule has 0 aliphatic carbocycles. The minimum Gasteiger partial charge on any atom is -0.381 e. The van der Waals surface area contributed by atoms with Gasteiger partial charge in [0, 0.05) is 49.7 Å². The van der Waals surface area contributed by atoms with Crippen molar-refractivity contribution in [3.63, 3.8) is 0 Å². The fourth-order valence-electron chi connectivity index (χ4n) is 5.38. The normalized spacial score (nSPS) is 18.7. The molecule has 186 valence electrons. The predicted molar refractivity (Wildman–Crippen MR) is 141 cm³/mol. The van der Waals surface area contributed by atoms with E-state index in [4.69, 9.17) is 16.3 Å². The first-order valence-electron chi connectivity index (χ1n) is 12.0. The van der Waals surface area contributed by atoms with Gasteiger partial charge in [0.2, 0.25) is 11.8 Å². The number of likely N-dealkylation sites (tertiary alicyclic amines) is 1. The van der Waals surface area contributed by atoms with E-state index < -0.39 is 11.0 Å². The number of hydrogen-bond acceptors (Lipinski definition) is 4. The Labute approximate surface area is 212 Å². The summed E-state index contributed by atoms with van der Waals surface area (Å²) < 4.78 is 5.02. The van der Waals surface area contributed by atoms with Crippen LogP contribution >= 0.6 is 11.6 Å². The predicted octanol–water partition coefficient (Wildman–Crippen LogP) is 5.03.